The molecule has 0 radical (unpaired) electrons. The average molecular weight is 414 g/mol. The molecule has 2 aromatic carbocycles. The summed E-state index contributed by atoms with van der Waals surface area (Å²) >= 11 is 0. The molecule has 5 rings (SSSR count). The molecule has 2 aliphatic rings. The van der Waals surface area contributed by atoms with Crippen LogP contribution in [0.1, 0.15) is 34.3 Å². The highest BCUT2D eigenvalue weighted by Gasteiger charge is 2.38. The van der Waals surface area contributed by atoms with Gasteiger partial charge in [0.2, 0.25) is 5.91 Å². The SMILES string of the molecule is CN(C(=O)C1Cc2ccc(F)cc21)[C@H]1COCc2[nH]c(=O)c3cc(F)c(F)cc3c21. The van der Waals surface area contributed by atoms with Gasteiger partial charge in [0.25, 0.3) is 5.56 Å². The van der Waals surface area contributed by atoms with Crippen molar-refractivity contribution in [2.45, 2.75) is 25.0 Å². The van der Waals surface area contributed by atoms with Crippen molar-refractivity contribution in [1.29, 1.82) is 0 Å². The van der Waals surface area contributed by atoms with E-state index in [4.69, 9.17) is 4.74 Å². The average Bonchev–Trinajstić information content (AvgIpc) is 2.71. The highest BCUT2D eigenvalue weighted by Crippen LogP contribution is 2.40. The molecule has 1 aliphatic heterocycles. The van der Waals surface area contributed by atoms with Crippen LogP contribution in [-0.2, 0) is 22.6 Å². The molecule has 1 amide bonds. The zero-order chi connectivity index (χ0) is 21.2. The maximum Gasteiger partial charge on any atom is 0.256 e. The minimum atomic E-state index is -1.12. The molecule has 0 spiro atoms. The Morgan fingerprint density at radius 2 is 1.87 bits per heavy atom. The molecule has 154 valence electrons. The number of likely N-dealkylation sites (N-methyl/N-ethyl adjacent to an activating group) is 1. The number of carbonyl (C=O) groups excluding carboxylic acids is 1. The summed E-state index contributed by atoms with van der Waals surface area (Å²) in [5.41, 5.74) is 1.99. The Kier molecular flexibility index (Phi) is 4.21. The molecule has 0 saturated heterocycles. The second kappa shape index (κ2) is 6.70. The van der Waals surface area contributed by atoms with Gasteiger partial charge in [0.15, 0.2) is 11.6 Å². The quantitative estimate of drug-likeness (QED) is 0.700. The highest BCUT2D eigenvalue weighted by molar-refractivity contribution is 5.89. The number of nitrogens with zero attached hydrogens (tertiary/aromatic N) is 1. The van der Waals surface area contributed by atoms with Crippen LogP contribution in [0.15, 0.2) is 35.1 Å². The number of halogens is 3. The standard InChI is InChI=1S/C22H17F3N2O3/c1-27(22(29)15-4-10-2-3-11(23)5-12(10)15)19-9-30-8-18-20(19)13-6-16(24)17(25)7-14(13)21(28)26-18/h2-3,5-7,15,19H,4,8-9H2,1H3,(H,26,28)/t15?,19-/m0/s1. The van der Waals surface area contributed by atoms with Gasteiger partial charge in [-0.05, 0) is 47.2 Å². The van der Waals surface area contributed by atoms with Gasteiger partial charge in [0.1, 0.15) is 5.82 Å². The lowest BCUT2D eigenvalue weighted by Crippen LogP contribution is -2.42. The number of carbonyl (C=O) groups is 1. The van der Waals surface area contributed by atoms with Crippen LogP contribution in [0, 0.1) is 17.5 Å². The molecule has 5 nitrogen and oxygen atoms in total. The van der Waals surface area contributed by atoms with Crippen LogP contribution in [0.5, 0.6) is 0 Å². The Hall–Kier alpha value is -3.13. The highest BCUT2D eigenvalue weighted by atomic mass is 19.2. The third-order valence-electron chi connectivity index (χ3n) is 6.06. The number of fused-ring (bicyclic) bond motifs is 4. The Bertz CT molecular complexity index is 1270. The Balaban J connectivity index is 1.57. The number of pyridine rings is 1. The summed E-state index contributed by atoms with van der Waals surface area (Å²) < 4.78 is 46.9. The minimum absolute atomic E-state index is 0.0106. The topological polar surface area (TPSA) is 62.4 Å². The normalized spacial score (nSPS) is 19.7. The summed E-state index contributed by atoms with van der Waals surface area (Å²) in [7, 11) is 1.60. The van der Waals surface area contributed by atoms with Gasteiger partial charge in [0, 0.05) is 18.3 Å². The monoisotopic (exact) mass is 414 g/mol. The van der Waals surface area contributed by atoms with Crippen molar-refractivity contribution in [2.75, 3.05) is 13.7 Å². The molecule has 8 heteroatoms. The zero-order valence-corrected chi connectivity index (χ0v) is 16.0. The van der Waals surface area contributed by atoms with Gasteiger partial charge in [-0.2, -0.15) is 0 Å². The van der Waals surface area contributed by atoms with Crippen molar-refractivity contribution in [2.24, 2.45) is 0 Å². The maximum absolute atomic E-state index is 14.0. The molecule has 0 fully saturated rings. The fourth-order valence-electron chi connectivity index (χ4n) is 4.44. The molecular formula is C22H17F3N2O3. The van der Waals surface area contributed by atoms with Gasteiger partial charge < -0.3 is 14.6 Å². The molecule has 0 saturated carbocycles. The van der Waals surface area contributed by atoms with E-state index < -0.39 is 35.0 Å². The van der Waals surface area contributed by atoms with Crippen molar-refractivity contribution in [3.8, 4) is 0 Å². The van der Waals surface area contributed by atoms with Gasteiger partial charge in [-0.1, -0.05) is 6.07 Å². The number of hydrogen-bond acceptors (Lipinski definition) is 3. The van der Waals surface area contributed by atoms with E-state index in [1.54, 1.807) is 13.1 Å². The van der Waals surface area contributed by atoms with E-state index in [2.05, 4.69) is 4.98 Å². The zero-order valence-electron chi connectivity index (χ0n) is 16.0. The van der Waals surface area contributed by atoms with Crippen molar-refractivity contribution >= 4 is 16.7 Å². The first-order valence-electron chi connectivity index (χ1n) is 9.51. The lowest BCUT2D eigenvalue weighted by Gasteiger charge is -2.38. The first kappa shape index (κ1) is 18.9. The molecule has 2 atom stereocenters. The molecule has 1 aromatic heterocycles. The number of nitrogens with one attached hydrogen (secondary N) is 1. The maximum atomic E-state index is 14.0. The third kappa shape index (κ3) is 2.74. The van der Waals surface area contributed by atoms with E-state index in [1.165, 1.54) is 17.0 Å². The van der Waals surface area contributed by atoms with E-state index >= 15 is 0 Å². The van der Waals surface area contributed by atoms with Crippen LogP contribution >= 0.6 is 0 Å². The van der Waals surface area contributed by atoms with Crippen LogP contribution in [0.3, 0.4) is 0 Å². The summed E-state index contributed by atoms with van der Waals surface area (Å²) in [6, 6.07) is 5.65. The Labute approximate surface area is 169 Å². The second-order valence-electron chi connectivity index (χ2n) is 7.74. The number of aromatic nitrogens is 1. The van der Waals surface area contributed by atoms with Crippen molar-refractivity contribution < 1.29 is 22.7 Å². The molecule has 1 N–H and O–H groups in total. The van der Waals surface area contributed by atoms with Crippen LogP contribution < -0.4 is 5.56 Å². The van der Waals surface area contributed by atoms with Crippen LogP contribution in [0.25, 0.3) is 10.8 Å². The molecule has 0 bridgehead atoms. The smallest absolute Gasteiger partial charge is 0.256 e. The second-order valence-corrected chi connectivity index (χ2v) is 7.74. The summed E-state index contributed by atoms with van der Waals surface area (Å²) in [5.74, 6) is -3.29. The molecule has 1 aliphatic carbocycles. The summed E-state index contributed by atoms with van der Waals surface area (Å²) in [4.78, 5) is 29.7. The molecule has 2 heterocycles. The fourth-order valence-corrected chi connectivity index (χ4v) is 4.44. The third-order valence-corrected chi connectivity index (χ3v) is 6.06. The summed E-state index contributed by atoms with van der Waals surface area (Å²) in [6.45, 7) is 0.230. The van der Waals surface area contributed by atoms with E-state index in [9.17, 15) is 22.8 Å². The lowest BCUT2D eigenvalue weighted by atomic mass is 9.76. The largest absolute Gasteiger partial charge is 0.373 e. The number of aromatic amines is 1. The van der Waals surface area contributed by atoms with E-state index in [0.29, 0.717) is 23.2 Å². The van der Waals surface area contributed by atoms with E-state index in [-0.39, 0.29) is 29.9 Å². The van der Waals surface area contributed by atoms with Crippen molar-refractivity contribution in [3.05, 3.63) is 80.5 Å². The van der Waals surface area contributed by atoms with Crippen molar-refractivity contribution in [1.82, 2.24) is 9.88 Å². The van der Waals surface area contributed by atoms with E-state index in [1.807, 2.05) is 0 Å². The number of H-pyrrole nitrogens is 1. The predicted octanol–water partition coefficient (Wildman–Crippen LogP) is 3.32. The van der Waals surface area contributed by atoms with Crippen LogP contribution in [-0.4, -0.2) is 29.4 Å². The Morgan fingerprint density at radius 3 is 2.63 bits per heavy atom. The first-order valence-corrected chi connectivity index (χ1v) is 9.51. The van der Waals surface area contributed by atoms with Gasteiger partial charge in [-0.3, -0.25) is 9.59 Å². The van der Waals surface area contributed by atoms with Crippen LogP contribution in [0.4, 0.5) is 13.2 Å². The minimum Gasteiger partial charge on any atom is -0.373 e. The molecule has 1 unspecified atom stereocenters. The number of rotatable bonds is 2. The number of ether oxygens (including phenoxy) is 1. The number of benzene rings is 2. The summed E-state index contributed by atoms with van der Waals surface area (Å²) in [6.07, 6.45) is 0.505. The fraction of sp³-hybridized carbons (Fsp3) is 0.273. The first-order chi connectivity index (χ1) is 14.3. The Morgan fingerprint density at radius 1 is 1.13 bits per heavy atom. The van der Waals surface area contributed by atoms with Gasteiger partial charge in [0.05, 0.1) is 30.6 Å². The summed E-state index contributed by atoms with van der Waals surface area (Å²) in [5, 5.41) is 0.261. The van der Waals surface area contributed by atoms with E-state index in [0.717, 1.165) is 17.7 Å². The predicted molar refractivity (Wildman–Crippen MR) is 102 cm³/mol. The van der Waals surface area contributed by atoms with Crippen molar-refractivity contribution in [3.63, 3.8) is 0 Å². The molecule has 30 heavy (non-hydrogen) atoms. The van der Waals surface area contributed by atoms with Gasteiger partial charge in [-0.15, -0.1) is 0 Å². The number of hydrogen-bond donors (Lipinski definition) is 1. The lowest BCUT2D eigenvalue weighted by molar-refractivity contribution is -0.136. The number of amides is 1. The van der Waals surface area contributed by atoms with Crippen LogP contribution in [0.2, 0.25) is 0 Å². The van der Waals surface area contributed by atoms with Gasteiger partial charge >= 0.3 is 0 Å². The molecule has 3 aromatic rings. The van der Waals surface area contributed by atoms with Gasteiger partial charge in [-0.25, -0.2) is 13.2 Å². The molecular weight excluding hydrogens is 397 g/mol.